The number of aromatic nitrogens is 3. The van der Waals surface area contributed by atoms with Gasteiger partial charge in [0.25, 0.3) is 0 Å². The van der Waals surface area contributed by atoms with E-state index in [4.69, 9.17) is 0 Å². The number of pyridine rings is 2. The summed E-state index contributed by atoms with van der Waals surface area (Å²) in [6.07, 6.45) is 12.4. The van der Waals surface area contributed by atoms with Gasteiger partial charge in [-0.15, -0.1) is 0 Å². The third-order valence-electron chi connectivity index (χ3n) is 4.63. The molecule has 3 aromatic heterocycles. The molecule has 0 bridgehead atoms. The maximum Gasteiger partial charge on any atom is 0.245 e. The fraction of sp³-hybridized carbons (Fsp3) is 0.286. The van der Waals surface area contributed by atoms with Crippen LogP contribution in [0.2, 0.25) is 0 Å². The van der Waals surface area contributed by atoms with Crippen LogP contribution in [0.15, 0.2) is 55.6 Å². The zero-order chi connectivity index (χ0) is 19.1. The molecule has 1 aliphatic heterocycles. The maximum absolute atomic E-state index is 11.0. The molecule has 4 rings (SSSR count). The van der Waals surface area contributed by atoms with Gasteiger partial charge in [0.2, 0.25) is 5.91 Å². The number of aromatic amines is 1. The van der Waals surface area contributed by atoms with E-state index in [1.807, 2.05) is 42.7 Å². The first kappa shape index (κ1) is 18.6. The molecule has 6 nitrogen and oxygen atoms in total. The number of fused-ring (bicyclic) bond motifs is 1. The SMILES string of the molecule is C=CC(=O)N1CCCCC1.CNc1cnc2[nH]cc(-c3cccnc3)c2c1. The monoisotopic (exact) mass is 363 g/mol. The highest BCUT2D eigenvalue weighted by molar-refractivity contribution is 5.94. The van der Waals surface area contributed by atoms with Crippen molar-refractivity contribution >= 4 is 22.6 Å². The van der Waals surface area contributed by atoms with Gasteiger partial charge in [-0.2, -0.15) is 0 Å². The van der Waals surface area contributed by atoms with Gasteiger partial charge in [-0.05, 0) is 37.5 Å². The summed E-state index contributed by atoms with van der Waals surface area (Å²) >= 11 is 0. The topological polar surface area (TPSA) is 73.9 Å². The van der Waals surface area contributed by atoms with E-state index in [-0.39, 0.29) is 5.91 Å². The summed E-state index contributed by atoms with van der Waals surface area (Å²) in [5.74, 6) is 0.0831. The molecule has 27 heavy (non-hydrogen) atoms. The molecule has 0 spiro atoms. The van der Waals surface area contributed by atoms with Crippen LogP contribution < -0.4 is 5.32 Å². The van der Waals surface area contributed by atoms with Crippen LogP contribution in [0.4, 0.5) is 5.69 Å². The Labute approximate surface area is 159 Å². The molecular weight excluding hydrogens is 338 g/mol. The molecule has 140 valence electrons. The number of anilines is 1. The standard InChI is InChI=1S/C13H12N4.C8H13NO/c1-14-10-5-11-12(8-17-13(11)16-7-10)9-3-2-4-15-6-9;1-2-8(10)9-6-4-3-5-7-9/h2-8,14H,1H3,(H,16,17);2H,1,3-7H2. The van der Waals surface area contributed by atoms with Crippen molar-refractivity contribution in [1.82, 2.24) is 19.9 Å². The number of hydrogen-bond donors (Lipinski definition) is 2. The maximum atomic E-state index is 11.0. The predicted molar refractivity (Wildman–Crippen MR) is 109 cm³/mol. The minimum atomic E-state index is 0.0831. The first-order valence-electron chi connectivity index (χ1n) is 9.19. The van der Waals surface area contributed by atoms with E-state index < -0.39 is 0 Å². The van der Waals surface area contributed by atoms with Crippen LogP contribution in [0.1, 0.15) is 19.3 Å². The average Bonchev–Trinajstić information content (AvgIpc) is 3.18. The van der Waals surface area contributed by atoms with E-state index in [2.05, 4.69) is 32.9 Å². The van der Waals surface area contributed by atoms with Gasteiger partial charge in [0.15, 0.2) is 0 Å². The number of amides is 1. The van der Waals surface area contributed by atoms with Crippen molar-refractivity contribution in [2.45, 2.75) is 19.3 Å². The number of carbonyl (C=O) groups excluding carboxylic acids is 1. The largest absolute Gasteiger partial charge is 0.387 e. The van der Waals surface area contributed by atoms with Crippen molar-refractivity contribution in [1.29, 1.82) is 0 Å². The summed E-state index contributed by atoms with van der Waals surface area (Å²) in [5.41, 5.74) is 4.11. The lowest BCUT2D eigenvalue weighted by Gasteiger charge is -2.25. The third kappa shape index (κ3) is 4.53. The molecule has 4 heterocycles. The van der Waals surface area contributed by atoms with Crippen molar-refractivity contribution < 1.29 is 4.79 Å². The molecule has 6 heteroatoms. The summed E-state index contributed by atoms with van der Waals surface area (Å²) in [5, 5.41) is 4.20. The van der Waals surface area contributed by atoms with Crippen molar-refractivity contribution in [3.05, 3.63) is 55.6 Å². The van der Waals surface area contributed by atoms with Gasteiger partial charge < -0.3 is 15.2 Å². The average molecular weight is 363 g/mol. The Morgan fingerprint density at radius 3 is 2.78 bits per heavy atom. The molecule has 1 aliphatic rings. The van der Waals surface area contributed by atoms with E-state index in [1.54, 1.807) is 6.20 Å². The van der Waals surface area contributed by atoms with Crippen molar-refractivity contribution in [2.24, 2.45) is 0 Å². The van der Waals surface area contributed by atoms with E-state index in [0.29, 0.717) is 0 Å². The molecule has 0 aliphatic carbocycles. The van der Waals surface area contributed by atoms with Gasteiger partial charge in [0.1, 0.15) is 5.65 Å². The van der Waals surface area contributed by atoms with Crippen LogP contribution in [0.25, 0.3) is 22.2 Å². The first-order chi connectivity index (χ1) is 13.2. The number of nitrogens with one attached hydrogen (secondary N) is 2. The van der Waals surface area contributed by atoms with Gasteiger partial charge >= 0.3 is 0 Å². The molecular formula is C21H25N5O. The second kappa shape index (κ2) is 8.98. The van der Waals surface area contributed by atoms with Crippen molar-refractivity contribution in [3.63, 3.8) is 0 Å². The molecule has 0 aromatic carbocycles. The molecule has 0 radical (unpaired) electrons. The highest BCUT2D eigenvalue weighted by Crippen LogP contribution is 2.28. The molecule has 1 saturated heterocycles. The van der Waals surface area contributed by atoms with E-state index >= 15 is 0 Å². The van der Waals surface area contributed by atoms with E-state index in [1.165, 1.54) is 12.5 Å². The van der Waals surface area contributed by atoms with Gasteiger partial charge in [0.05, 0.1) is 11.9 Å². The highest BCUT2D eigenvalue weighted by atomic mass is 16.2. The molecule has 0 atom stereocenters. The smallest absolute Gasteiger partial charge is 0.245 e. The Morgan fingerprint density at radius 1 is 1.30 bits per heavy atom. The summed E-state index contributed by atoms with van der Waals surface area (Å²) in [6.45, 7) is 5.29. The Balaban J connectivity index is 0.000000180. The minimum Gasteiger partial charge on any atom is -0.387 e. The Morgan fingerprint density at radius 2 is 2.11 bits per heavy atom. The number of carbonyl (C=O) groups is 1. The van der Waals surface area contributed by atoms with Crippen LogP contribution >= 0.6 is 0 Å². The number of H-pyrrole nitrogens is 1. The number of likely N-dealkylation sites (tertiary alicyclic amines) is 1. The van der Waals surface area contributed by atoms with Crippen LogP contribution in [0.5, 0.6) is 0 Å². The van der Waals surface area contributed by atoms with Gasteiger partial charge in [-0.25, -0.2) is 4.98 Å². The normalized spacial score (nSPS) is 13.6. The first-order valence-corrected chi connectivity index (χ1v) is 9.19. The van der Waals surface area contributed by atoms with Gasteiger partial charge in [-0.1, -0.05) is 12.6 Å². The second-order valence-electron chi connectivity index (χ2n) is 6.40. The van der Waals surface area contributed by atoms with Crippen molar-refractivity contribution in [3.8, 4) is 11.1 Å². The Bertz CT molecular complexity index is 897. The highest BCUT2D eigenvalue weighted by Gasteiger charge is 2.12. The molecule has 1 amide bonds. The fourth-order valence-corrected chi connectivity index (χ4v) is 3.14. The second-order valence-corrected chi connectivity index (χ2v) is 6.40. The lowest BCUT2D eigenvalue weighted by Crippen LogP contribution is -2.34. The van der Waals surface area contributed by atoms with Gasteiger partial charge in [0, 0.05) is 55.2 Å². The molecule has 0 unspecified atom stereocenters. The molecule has 1 fully saturated rings. The lowest BCUT2D eigenvalue weighted by atomic mass is 10.1. The summed E-state index contributed by atoms with van der Waals surface area (Å²) < 4.78 is 0. The fourth-order valence-electron chi connectivity index (χ4n) is 3.14. The molecule has 2 N–H and O–H groups in total. The van der Waals surface area contributed by atoms with Crippen molar-refractivity contribution in [2.75, 3.05) is 25.5 Å². The summed E-state index contributed by atoms with van der Waals surface area (Å²) in [7, 11) is 1.89. The Hall–Kier alpha value is -3.15. The van der Waals surface area contributed by atoms with Gasteiger partial charge in [-0.3, -0.25) is 9.78 Å². The number of nitrogens with zero attached hydrogens (tertiary/aromatic N) is 3. The lowest BCUT2D eigenvalue weighted by molar-refractivity contribution is -0.126. The summed E-state index contributed by atoms with van der Waals surface area (Å²) in [4.78, 5) is 24.5. The van der Waals surface area contributed by atoms with Crippen LogP contribution in [0.3, 0.4) is 0 Å². The minimum absolute atomic E-state index is 0.0831. The molecule has 0 saturated carbocycles. The Kier molecular flexibility index (Phi) is 6.20. The number of hydrogen-bond acceptors (Lipinski definition) is 4. The number of piperidine rings is 1. The van der Waals surface area contributed by atoms with Crippen LogP contribution in [-0.2, 0) is 4.79 Å². The number of rotatable bonds is 3. The van der Waals surface area contributed by atoms with E-state index in [0.717, 1.165) is 53.8 Å². The zero-order valence-corrected chi connectivity index (χ0v) is 15.6. The quantitative estimate of drug-likeness (QED) is 0.693. The summed E-state index contributed by atoms with van der Waals surface area (Å²) in [6, 6.07) is 6.06. The zero-order valence-electron chi connectivity index (χ0n) is 15.6. The van der Waals surface area contributed by atoms with Crippen LogP contribution in [-0.4, -0.2) is 45.9 Å². The van der Waals surface area contributed by atoms with Crippen LogP contribution in [0, 0.1) is 0 Å². The van der Waals surface area contributed by atoms with E-state index in [9.17, 15) is 4.79 Å². The molecule has 3 aromatic rings. The third-order valence-corrected chi connectivity index (χ3v) is 4.63. The predicted octanol–water partition coefficient (Wildman–Crippen LogP) is 3.85.